The highest BCUT2D eigenvalue weighted by atomic mass is 19.1. The van der Waals surface area contributed by atoms with Crippen LogP contribution < -0.4 is 20.7 Å². The van der Waals surface area contributed by atoms with Gasteiger partial charge in [-0.25, -0.2) is 4.39 Å². The van der Waals surface area contributed by atoms with Crippen LogP contribution in [0.2, 0.25) is 0 Å². The third-order valence-electron chi connectivity index (χ3n) is 4.37. The largest absolute Gasteiger partial charge is 0.486 e. The van der Waals surface area contributed by atoms with Crippen LogP contribution in [-0.2, 0) is 11.4 Å². The summed E-state index contributed by atoms with van der Waals surface area (Å²) in [6.07, 6.45) is 1.43. The van der Waals surface area contributed by atoms with Crippen LogP contribution in [0, 0.1) is 5.82 Å². The van der Waals surface area contributed by atoms with Crippen LogP contribution in [0.15, 0.2) is 48.5 Å². The first-order valence-electron chi connectivity index (χ1n) is 9.13. The molecule has 0 unspecified atom stereocenters. The van der Waals surface area contributed by atoms with E-state index in [0.717, 1.165) is 12.1 Å². The lowest BCUT2D eigenvalue weighted by Crippen LogP contribution is -2.23. The Hall–Kier alpha value is -3.75. The SMILES string of the molecule is Nc1nc(COc2cccc(N3CCCC3=O)c2)nc(Nc2ccc(F)cc2)n1. The zero-order chi connectivity index (χ0) is 20.2. The number of rotatable bonds is 6. The Kier molecular flexibility index (Phi) is 5.19. The second-order valence-corrected chi connectivity index (χ2v) is 6.50. The van der Waals surface area contributed by atoms with Crippen LogP contribution in [0.3, 0.4) is 0 Å². The normalized spacial score (nSPS) is 13.6. The van der Waals surface area contributed by atoms with E-state index in [9.17, 15) is 9.18 Å². The number of carbonyl (C=O) groups excluding carboxylic acids is 1. The van der Waals surface area contributed by atoms with Gasteiger partial charge in [-0.3, -0.25) is 4.79 Å². The number of ether oxygens (including phenoxy) is 1. The van der Waals surface area contributed by atoms with Crippen molar-refractivity contribution in [2.75, 3.05) is 22.5 Å². The number of benzene rings is 2. The number of anilines is 4. The number of nitrogens with zero attached hydrogens (tertiary/aromatic N) is 4. The molecule has 1 aliphatic rings. The molecular formula is C20H19FN6O2. The van der Waals surface area contributed by atoms with E-state index in [2.05, 4.69) is 20.3 Å². The predicted octanol–water partition coefficient (Wildman–Crippen LogP) is 3.04. The maximum absolute atomic E-state index is 13.0. The molecule has 1 aromatic heterocycles. The van der Waals surface area contributed by atoms with Gasteiger partial charge in [0.2, 0.25) is 17.8 Å². The molecule has 3 aromatic rings. The van der Waals surface area contributed by atoms with Crippen molar-refractivity contribution < 1.29 is 13.9 Å². The molecule has 29 heavy (non-hydrogen) atoms. The van der Waals surface area contributed by atoms with E-state index in [0.29, 0.717) is 30.2 Å². The summed E-state index contributed by atoms with van der Waals surface area (Å²) in [5.41, 5.74) is 7.19. The van der Waals surface area contributed by atoms with E-state index in [1.165, 1.54) is 12.1 Å². The lowest BCUT2D eigenvalue weighted by molar-refractivity contribution is -0.117. The molecule has 0 atom stereocenters. The summed E-state index contributed by atoms with van der Waals surface area (Å²) >= 11 is 0. The van der Waals surface area contributed by atoms with Gasteiger partial charge in [0.25, 0.3) is 0 Å². The molecule has 2 aromatic carbocycles. The van der Waals surface area contributed by atoms with Crippen molar-refractivity contribution in [2.24, 2.45) is 0 Å². The molecule has 0 radical (unpaired) electrons. The number of carbonyl (C=O) groups is 1. The molecule has 0 saturated carbocycles. The molecular weight excluding hydrogens is 375 g/mol. The second kappa shape index (κ2) is 8.09. The maximum atomic E-state index is 13.0. The first-order chi connectivity index (χ1) is 14.1. The van der Waals surface area contributed by atoms with Gasteiger partial charge in [-0.1, -0.05) is 6.07 Å². The van der Waals surface area contributed by atoms with Gasteiger partial charge in [0.1, 0.15) is 18.2 Å². The lowest BCUT2D eigenvalue weighted by atomic mass is 10.3. The first-order valence-corrected chi connectivity index (χ1v) is 9.13. The molecule has 1 saturated heterocycles. The van der Waals surface area contributed by atoms with Gasteiger partial charge in [-0.2, -0.15) is 15.0 Å². The lowest BCUT2D eigenvalue weighted by Gasteiger charge is -2.16. The van der Waals surface area contributed by atoms with Crippen LogP contribution in [0.4, 0.5) is 27.7 Å². The van der Waals surface area contributed by atoms with Crippen LogP contribution in [0.1, 0.15) is 18.7 Å². The fourth-order valence-corrected chi connectivity index (χ4v) is 3.03. The smallest absolute Gasteiger partial charge is 0.232 e. The summed E-state index contributed by atoms with van der Waals surface area (Å²) in [7, 11) is 0. The Morgan fingerprint density at radius 2 is 1.97 bits per heavy atom. The molecule has 4 rings (SSSR count). The quantitative estimate of drug-likeness (QED) is 0.662. The number of halogens is 1. The Balaban J connectivity index is 1.45. The number of hydrogen-bond donors (Lipinski definition) is 2. The van der Waals surface area contributed by atoms with E-state index in [1.807, 2.05) is 18.2 Å². The van der Waals surface area contributed by atoms with Crippen LogP contribution >= 0.6 is 0 Å². The molecule has 0 spiro atoms. The van der Waals surface area contributed by atoms with Gasteiger partial charge in [-0.05, 0) is 42.8 Å². The van der Waals surface area contributed by atoms with Crippen molar-refractivity contribution in [1.82, 2.24) is 15.0 Å². The van der Waals surface area contributed by atoms with Gasteiger partial charge in [0.15, 0.2) is 5.82 Å². The highest BCUT2D eigenvalue weighted by molar-refractivity contribution is 5.95. The summed E-state index contributed by atoms with van der Waals surface area (Å²) in [6.45, 7) is 0.785. The number of nitrogen functional groups attached to an aromatic ring is 1. The minimum Gasteiger partial charge on any atom is -0.486 e. The third kappa shape index (κ3) is 4.57. The number of nitrogens with two attached hydrogens (primary N) is 1. The molecule has 2 heterocycles. The summed E-state index contributed by atoms with van der Waals surface area (Å²) in [4.78, 5) is 26.1. The van der Waals surface area contributed by atoms with E-state index >= 15 is 0 Å². The minimum absolute atomic E-state index is 0.0413. The highest BCUT2D eigenvalue weighted by Crippen LogP contribution is 2.25. The topological polar surface area (TPSA) is 106 Å². The fourth-order valence-electron chi connectivity index (χ4n) is 3.03. The van der Waals surface area contributed by atoms with Crippen molar-refractivity contribution >= 4 is 29.2 Å². The molecule has 0 bridgehead atoms. The zero-order valence-electron chi connectivity index (χ0n) is 15.5. The van der Waals surface area contributed by atoms with Crippen LogP contribution in [0.5, 0.6) is 5.75 Å². The Bertz CT molecular complexity index is 1030. The third-order valence-corrected chi connectivity index (χ3v) is 4.37. The summed E-state index contributed by atoms with van der Waals surface area (Å²) in [5.74, 6) is 0.985. The average molecular weight is 394 g/mol. The van der Waals surface area contributed by atoms with Gasteiger partial charge in [0.05, 0.1) is 0 Å². The van der Waals surface area contributed by atoms with E-state index in [4.69, 9.17) is 10.5 Å². The van der Waals surface area contributed by atoms with Gasteiger partial charge in [0, 0.05) is 30.4 Å². The Labute approximate surface area is 166 Å². The van der Waals surface area contributed by atoms with Crippen molar-refractivity contribution in [1.29, 1.82) is 0 Å². The maximum Gasteiger partial charge on any atom is 0.232 e. The Morgan fingerprint density at radius 3 is 2.72 bits per heavy atom. The average Bonchev–Trinajstić information content (AvgIpc) is 3.14. The number of nitrogens with one attached hydrogen (secondary N) is 1. The van der Waals surface area contributed by atoms with Crippen molar-refractivity contribution in [3.8, 4) is 5.75 Å². The monoisotopic (exact) mass is 394 g/mol. The molecule has 1 aliphatic heterocycles. The van der Waals surface area contributed by atoms with Gasteiger partial charge in [-0.15, -0.1) is 0 Å². The molecule has 0 aliphatic carbocycles. The number of amides is 1. The summed E-state index contributed by atoms with van der Waals surface area (Å²) in [5, 5.41) is 2.95. The first kappa shape index (κ1) is 18.6. The zero-order valence-corrected chi connectivity index (χ0v) is 15.5. The van der Waals surface area contributed by atoms with E-state index in [-0.39, 0.29) is 30.2 Å². The summed E-state index contributed by atoms with van der Waals surface area (Å²) < 4.78 is 18.8. The molecule has 3 N–H and O–H groups in total. The standard InChI is InChI=1S/C20H19FN6O2/c21-13-6-8-14(9-7-13)23-20-25-17(24-19(22)26-20)12-29-16-4-1-3-15(11-16)27-10-2-5-18(27)28/h1,3-4,6-9,11H,2,5,10,12H2,(H3,22,23,24,25,26). The van der Waals surface area contributed by atoms with E-state index in [1.54, 1.807) is 23.1 Å². The Morgan fingerprint density at radius 1 is 1.14 bits per heavy atom. The van der Waals surface area contributed by atoms with Gasteiger partial charge >= 0.3 is 0 Å². The van der Waals surface area contributed by atoms with Crippen LogP contribution in [0.25, 0.3) is 0 Å². The minimum atomic E-state index is -0.335. The predicted molar refractivity (Wildman–Crippen MR) is 106 cm³/mol. The molecule has 9 heteroatoms. The van der Waals surface area contributed by atoms with Crippen molar-refractivity contribution in [3.05, 3.63) is 60.2 Å². The molecule has 1 fully saturated rings. The van der Waals surface area contributed by atoms with E-state index < -0.39 is 0 Å². The van der Waals surface area contributed by atoms with Crippen LogP contribution in [-0.4, -0.2) is 27.4 Å². The number of hydrogen-bond acceptors (Lipinski definition) is 7. The number of aromatic nitrogens is 3. The van der Waals surface area contributed by atoms with Crippen molar-refractivity contribution in [2.45, 2.75) is 19.4 Å². The molecule has 1 amide bonds. The molecule has 148 valence electrons. The summed E-state index contributed by atoms with van der Waals surface area (Å²) in [6, 6.07) is 13.1. The fraction of sp³-hybridized carbons (Fsp3) is 0.200. The second-order valence-electron chi connectivity index (χ2n) is 6.50. The molecule has 8 nitrogen and oxygen atoms in total. The highest BCUT2D eigenvalue weighted by Gasteiger charge is 2.21. The van der Waals surface area contributed by atoms with Crippen molar-refractivity contribution in [3.63, 3.8) is 0 Å². The van der Waals surface area contributed by atoms with Gasteiger partial charge < -0.3 is 20.7 Å².